The first-order valence-corrected chi connectivity index (χ1v) is 13.6. The van der Waals surface area contributed by atoms with Gasteiger partial charge >= 0.3 is 0 Å². The molecule has 0 bridgehead atoms. The van der Waals surface area contributed by atoms with Crippen molar-refractivity contribution in [3.8, 4) is 5.75 Å². The molecule has 2 heterocycles. The molecule has 2 fully saturated rings. The summed E-state index contributed by atoms with van der Waals surface area (Å²) in [5, 5.41) is 13.8. The molecule has 10 nitrogen and oxygen atoms in total. The summed E-state index contributed by atoms with van der Waals surface area (Å²) in [6.45, 7) is 4.45. The van der Waals surface area contributed by atoms with Gasteiger partial charge in [-0.1, -0.05) is 12.1 Å². The maximum Gasteiger partial charge on any atom is 0.269 e. The van der Waals surface area contributed by atoms with Crippen LogP contribution < -0.4 is 19.9 Å². The van der Waals surface area contributed by atoms with E-state index in [-0.39, 0.29) is 11.6 Å². The van der Waals surface area contributed by atoms with E-state index >= 15 is 0 Å². The van der Waals surface area contributed by atoms with Gasteiger partial charge in [-0.15, -0.1) is 0 Å². The van der Waals surface area contributed by atoms with Crippen molar-refractivity contribution < 1.29 is 19.2 Å². The molecule has 3 aromatic carbocycles. The van der Waals surface area contributed by atoms with Crippen molar-refractivity contribution in [1.82, 2.24) is 4.90 Å². The summed E-state index contributed by atoms with van der Waals surface area (Å²) in [5.41, 5.74) is 3.18. The number of hydrogen-bond acceptors (Lipinski definition) is 7. The molecule has 40 heavy (non-hydrogen) atoms. The van der Waals surface area contributed by atoms with Crippen LogP contribution in [0.4, 0.5) is 22.7 Å². The number of para-hydroxylation sites is 2. The molecule has 0 spiro atoms. The number of carbonyl (C=O) groups excluding carboxylic acids is 2. The Kier molecular flexibility index (Phi) is 8.14. The molecule has 5 rings (SSSR count). The van der Waals surface area contributed by atoms with Gasteiger partial charge < -0.3 is 24.8 Å². The van der Waals surface area contributed by atoms with E-state index in [9.17, 15) is 19.7 Å². The van der Waals surface area contributed by atoms with E-state index in [1.807, 2.05) is 29.2 Å². The van der Waals surface area contributed by atoms with Gasteiger partial charge in [0.2, 0.25) is 0 Å². The highest BCUT2D eigenvalue weighted by molar-refractivity contribution is 6.06. The molecule has 0 aromatic heterocycles. The quantitative estimate of drug-likeness (QED) is 0.337. The summed E-state index contributed by atoms with van der Waals surface area (Å²) >= 11 is 0. The summed E-state index contributed by atoms with van der Waals surface area (Å²) in [7, 11) is 1.68. The minimum absolute atomic E-state index is 0.0340. The largest absolute Gasteiger partial charge is 0.495 e. The number of benzene rings is 3. The van der Waals surface area contributed by atoms with Crippen molar-refractivity contribution >= 4 is 34.6 Å². The lowest BCUT2D eigenvalue weighted by Gasteiger charge is -2.39. The van der Waals surface area contributed by atoms with Gasteiger partial charge in [0.15, 0.2) is 0 Å². The van der Waals surface area contributed by atoms with E-state index in [0.717, 1.165) is 75.7 Å². The third-order valence-electron chi connectivity index (χ3n) is 7.51. The van der Waals surface area contributed by atoms with Crippen LogP contribution in [0.2, 0.25) is 0 Å². The standard InChI is InChI=1S/C30H33N5O5/c1-40-28-8-4-3-7-27(28)33-19-17-32(18-20-33)26-14-11-23(21-25(26)30(37)34-15-5-2-6-16-34)31-29(36)22-9-12-24(13-10-22)35(38)39/h3-4,7-14,21H,2,5-6,15-20H2,1H3,(H,31,36). The fourth-order valence-electron chi connectivity index (χ4n) is 5.35. The van der Waals surface area contributed by atoms with E-state index in [4.69, 9.17) is 4.74 Å². The topological polar surface area (TPSA) is 108 Å². The average Bonchev–Trinajstić information content (AvgIpc) is 3.01. The van der Waals surface area contributed by atoms with Crippen LogP contribution in [0.25, 0.3) is 0 Å². The zero-order valence-electron chi connectivity index (χ0n) is 22.5. The van der Waals surface area contributed by atoms with Crippen molar-refractivity contribution in [3.63, 3.8) is 0 Å². The first-order chi connectivity index (χ1) is 19.4. The van der Waals surface area contributed by atoms with Crippen molar-refractivity contribution in [2.45, 2.75) is 19.3 Å². The smallest absolute Gasteiger partial charge is 0.269 e. The number of hydrogen-bond donors (Lipinski definition) is 1. The maximum atomic E-state index is 13.7. The SMILES string of the molecule is COc1ccccc1N1CCN(c2ccc(NC(=O)c3ccc([N+](=O)[O-])cc3)cc2C(=O)N2CCCCC2)CC1. The summed E-state index contributed by atoms with van der Waals surface area (Å²) in [6.07, 6.45) is 3.08. The highest BCUT2D eigenvalue weighted by atomic mass is 16.6. The highest BCUT2D eigenvalue weighted by Crippen LogP contribution is 2.32. The number of likely N-dealkylation sites (tertiary alicyclic amines) is 1. The fourth-order valence-corrected chi connectivity index (χ4v) is 5.35. The number of methoxy groups -OCH3 is 1. The lowest BCUT2D eigenvalue weighted by atomic mass is 10.0. The summed E-state index contributed by atoms with van der Waals surface area (Å²) in [5.74, 6) is 0.405. The van der Waals surface area contributed by atoms with Crippen LogP contribution in [0.3, 0.4) is 0 Å². The molecule has 0 unspecified atom stereocenters. The maximum absolute atomic E-state index is 13.7. The van der Waals surface area contributed by atoms with E-state index in [2.05, 4.69) is 21.2 Å². The number of piperazine rings is 1. The van der Waals surface area contributed by atoms with Crippen LogP contribution in [0.1, 0.15) is 40.0 Å². The number of carbonyl (C=O) groups is 2. The van der Waals surface area contributed by atoms with Crippen LogP contribution in [0.5, 0.6) is 5.75 Å². The molecule has 1 N–H and O–H groups in total. The van der Waals surface area contributed by atoms with Gasteiger partial charge in [0.25, 0.3) is 17.5 Å². The third-order valence-corrected chi connectivity index (χ3v) is 7.51. The van der Waals surface area contributed by atoms with Crippen LogP contribution in [-0.2, 0) is 0 Å². The van der Waals surface area contributed by atoms with Crippen LogP contribution in [0, 0.1) is 10.1 Å². The van der Waals surface area contributed by atoms with E-state index in [1.54, 1.807) is 19.2 Å². The number of amides is 2. The first kappa shape index (κ1) is 27.0. The molecule has 0 saturated carbocycles. The predicted octanol–water partition coefficient (Wildman–Crippen LogP) is 4.81. The Hall–Kier alpha value is -4.60. The van der Waals surface area contributed by atoms with Gasteiger partial charge in [-0.2, -0.15) is 0 Å². The molecule has 2 amide bonds. The molecule has 2 aliphatic rings. The second kappa shape index (κ2) is 12.1. The Morgan fingerprint density at radius 2 is 1.48 bits per heavy atom. The number of nitro benzene ring substituents is 1. The second-order valence-corrected chi connectivity index (χ2v) is 9.99. The Labute approximate surface area is 233 Å². The first-order valence-electron chi connectivity index (χ1n) is 13.6. The molecule has 10 heteroatoms. The Bertz CT molecular complexity index is 1380. The van der Waals surface area contributed by atoms with Crippen molar-refractivity contribution in [3.05, 3.63) is 88.0 Å². The lowest BCUT2D eigenvalue weighted by Crippen LogP contribution is -2.47. The minimum Gasteiger partial charge on any atom is -0.495 e. The van der Waals surface area contributed by atoms with Crippen LogP contribution in [-0.4, -0.2) is 68.0 Å². The number of nitrogens with zero attached hydrogens (tertiary/aromatic N) is 4. The molecule has 3 aromatic rings. The summed E-state index contributed by atoms with van der Waals surface area (Å²) < 4.78 is 5.55. The molecule has 208 valence electrons. The average molecular weight is 544 g/mol. The van der Waals surface area contributed by atoms with Crippen molar-refractivity contribution in [2.75, 3.05) is 61.5 Å². The van der Waals surface area contributed by atoms with Crippen LogP contribution in [0.15, 0.2) is 66.7 Å². The molecule has 0 radical (unpaired) electrons. The van der Waals surface area contributed by atoms with Gasteiger partial charge in [0.1, 0.15) is 5.75 Å². The molecule has 2 aliphatic heterocycles. The number of non-ortho nitro benzene ring substituents is 1. The molecule has 0 atom stereocenters. The zero-order valence-corrected chi connectivity index (χ0v) is 22.5. The zero-order chi connectivity index (χ0) is 28.1. The van der Waals surface area contributed by atoms with E-state index < -0.39 is 10.8 Å². The summed E-state index contributed by atoms with van der Waals surface area (Å²) in [4.78, 5) is 43.5. The second-order valence-electron chi connectivity index (χ2n) is 9.99. The van der Waals surface area contributed by atoms with Crippen LogP contribution >= 0.6 is 0 Å². The van der Waals surface area contributed by atoms with E-state index in [1.165, 1.54) is 24.3 Å². The number of ether oxygens (including phenoxy) is 1. The normalized spacial score (nSPS) is 15.5. The van der Waals surface area contributed by atoms with Gasteiger partial charge in [0, 0.05) is 68.3 Å². The van der Waals surface area contributed by atoms with E-state index in [0.29, 0.717) is 16.8 Å². The van der Waals surface area contributed by atoms with Crippen molar-refractivity contribution in [1.29, 1.82) is 0 Å². The number of piperidine rings is 1. The monoisotopic (exact) mass is 543 g/mol. The highest BCUT2D eigenvalue weighted by Gasteiger charge is 2.27. The third kappa shape index (κ3) is 5.85. The Balaban J connectivity index is 1.37. The number of rotatable bonds is 7. The van der Waals surface area contributed by atoms with Gasteiger partial charge in [-0.05, 0) is 61.7 Å². The number of nitro groups is 1. The number of anilines is 3. The fraction of sp³-hybridized carbons (Fsp3) is 0.333. The number of nitrogens with one attached hydrogen (secondary N) is 1. The van der Waals surface area contributed by atoms with Crippen molar-refractivity contribution in [2.24, 2.45) is 0 Å². The summed E-state index contributed by atoms with van der Waals surface area (Å²) in [6, 6.07) is 18.9. The Morgan fingerprint density at radius 1 is 0.825 bits per heavy atom. The van der Waals surface area contributed by atoms with Gasteiger partial charge in [-0.3, -0.25) is 19.7 Å². The predicted molar refractivity (Wildman–Crippen MR) is 155 cm³/mol. The molecule has 2 saturated heterocycles. The lowest BCUT2D eigenvalue weighted by molar-refractivity contribution is -0.384. The molecule has 0 aliphatic carbocycles. The molecular formula is C30H33N5O5. The van der Waals surface area contributed by atoms with Gasteiger partial charge in [-0.25, -0.2) is 0 Å². The van der Waals surface area contributed by atoms with Gasteiger partial charge in [0.05, 0.1) is 23.3 Å². The minimum atomic E-state index is -0.505. The Morgan fingerprint density at radius 3 is 2.12 bits per heavy atom. The molecular weight excluding hydrogens is 510 g/mol.